The Hall–Kier alpha value is -1.11. The highest BCUT2D eigenvalue weighted by Crippen LogP contribution is 2.29. The van der Waals surface area contributed by atoms with Gasteiger partial charge in [-0.25, -0.2) is 13.2 Å². The molecule has 162 valence electrons. The first-order valence-corrected chi connectivity index (χ1v) is 11.3. The molecule has 2 aliphatic heterocycles. The molecule has 6 heteroatoms. The zero-order chi connectivity index (χ0) is 20.2. The minimum atomic E-state index is -1.06. The first-order chi connectivity index (χ1) is 14.1. The van der Waals surface area contributed by atoms with Crippen LogP contribution >= 0.6 is 0 Å². The van der Waals surface area contributed by atoms with Crippen molar-refractivity contribution < 1.29 is 17.9 Å². The van der Waals surface area contributed by atoms with Crippen molar-refractivity contribution in [3.8, 4) is 0 Å². The van der Waals surface area contributed by atoms with Gasteiger partial charge >= 0.3 is 0 Å². The summed E-state index contributed by atoms with van der Waals surface area (Å²) in [4.78, 5) is 4.73. The second-order valence-electron chi connectivity index (χ2n) is 9.07. The van der Waals surface area contributed by atoms with Gasteiger partial charge < -0.3 is 9.64 Å². The summed E-state index contributed by atoms with van der Waals surface area (Å²) in [5.74, 6) is -2.20. The van der Waals surface area contributed by atoms with Gasteiger partial charge in [-0.1, -0.05) is 12.8 Å². The lowest BCUT2D eigenvalue weighted by atomic mass is 9.94. The normalized spacial score (nSPS) is 24.8. The molecule has 0 amide bonds. The van der Waals surface area contributed by atoms with Gasteiger partial charge in [0.2, 0.25) is 0 Å². The summed E-state index contributed by atoms with van der Waals surface area (Å²) in [6, 6.07) is 2.64. The Morgan fingerprint density at radius 3 is 2.31 bits per heavy atom. The summed E-state index contributed by atoms with van der Waals surface area (Å²) in [7, 11) is 0. The van der Waals surface area contributed by atoms with E-state index in [0.29, 0.717) is 12.5 Å². The maximum Gasteiger partial charge on any atom is 0.166 e. The summed E-state index contributed by atoms with van der Waals surface area (Å²) in [6.07, 6.45) is 9.70. The van der Waals surface area contributed by atoms with Gasteiger partial charge in [-0.2, -0.15) is 0 Å². The van der Waals surface area contributed by atoms with Crippen molar-refractivity contribution >= 4 is 0 Å². The van der Waals surface area contributed by atoms with Gasteiger partial charge in [0.15, 0.2) is 11.6 Å². The average Bonchev–Trinajstić information content (AvgIpc) is 3.43. The minimum absolute atomic E-state index is 0.0954. The molecule has 0 spiro atoms. The molecule has 2 saturated heterocycles. The number of ether oxygens (including phenoxy) is 1. The fraction of sp³-hybridized carbons (Fsp3) is 0.739. The van der Waals surface area contributed by atoms with Crippen LogP contribution in [0, 0.1) is 23.4 Å². The zero-order valence-electron chi connectivity index (χ0n) is 17.2. The molecule has 0 aromatic heterocycles. The predicted octanol–water partition coefficient (Wildman–Crippen LogP) is 4.74. The molecule has 0 radical (unpaired) electrons. The van der Waals surface area contributed by atoms with Crippen LogP contribution in [-0.4, -0.2) is 54.7 Å². The first-order valence-electron chi connectivity index (χ1n) is 11.3. The zero-order valence-corrected chi connectivity index (χ0v) is 17.2. The monoisotopic (exact) mass is 410 g/mol. The Morgan fingerprint density at radius 1 is 0.897 bits per heavy atom. The van der Waals surface area contributed by atoms with Crippen molar-refractivity contribution in [2.24, 2.45) is 5.92 Å². The molecule has 1 aliphatic carbocycles. The molecule has 3 fully saturated rings. The number of hydrogen-bond acceptors (Lipinski definition) is 3. The Morgan fingerprint density at radius 2 is 1.62 bits per heavy atom. The Bertz CT molecular complexity index is 666. The summed E-state index contributed by atoms with van der Waals surface area (Å²) >= 11 is 0. The third kappa shape index (κ3) is 5.33. The van der Waals surface area contributed by atoms with E-state index in [-0.39, 0.29) is 18.2 Å². The molecule has 2 heterocycles. The smallest absolute Gasteiger partial charge is 0.166 e. The van der Waals surface area contributed by atoms with Crippen LogP contribution in [0.2, 0.25) is 0 Å². The molecule has 0 bridgehead atoms. The number of rotatable bonds is 7. The van der Waals surface area contributed by atoms with Crippen molar-refractivity contribution in [1.29, 1.82) is 0 Å². The maximum atomic E-state index is 14.3. The Kier molecular flexibility index (Phi) is 7.14. The Labute approximate surface area is 172 Å². The molecular weight excluding hydrogens is 377 g/mol. The van der Waals surface area contributed by atoms with Gasteiger partial charge in [0.05, 0.1) is 6.10 Å². The summed E-state index contributed by atoms with van der Waals surface area (Å²) in [6.45, 7) is 4.52. The molecule has 29 heavy (non-hydrogen) atoms. The van der Waals surface area contributed by atoms with Gasteiger partial charge in [0, 0.05) is 37.8 Å². The van der Waals surface area contributed by atoms with Crippen LogP contribution in [0.25, 0.3) is 0 Å². The van der Waals surface area contributed by atoms with Crippen LogP contribution in [-0.2, 0) is 11.3 Å². The molecule has 0 unspecified atom stereocenters. The van der Waals surface area contributed by atoms with Crippen LogP contribution in [0.3, 0.4) is 0 Å². The highest BCUT2D eigenvalue weighted by molar-refractivity contribution is 5.21. The average molecular weight is 411 g/mol. The Balaban J connectivity index is 1.39. The number of benzene rings is 1. The van der Waals surface area contributed by atoms with Crippen LogP contribution in [0.5, 0.6) is 0 Å². The third-order valence-corrected chi connectivity index (χ3v) is 7.01. The predicted molar refractivity (Wildman–Crippen MR) is 107 cm³/mol. The summed E-state index contributed by atoms with van der Waals surface area (Å²) < 4.78 is 47.9. The molecule has 3 aliphatic rings. The molecule has 1 atom stereocenters. The largest absolute Gasteiger partial charge is 0.377 e. The van der Waals surface area contributed by atoms with Crippen LogP contribution in [0.1, 0.15) is 56.9 Å². The highest BCUT2D eigenvalue weighted by atomic mass is 19.2. The van der Waals surface area contributed by atoms with E-state index in [4.69, 9.17) is 4.74 Å². The van der Waals surface area contributed by atoms with Crippen molar-refractivity contribution in [2.45, 2.75) is 70.1 Å². The lowest BCUT2D eigenvalue weighted by molar-refractivity contribution is 0.0530. The standard InChI is InChI=1S/C23H33F3N2O/c24-21-7-8-22(25)23(26)20(21)16-27(15-19-6-3-13-29-19)14-17-9-11-28(12-10-17)18-4-1-2-5-18/h7-8,17-19H,1-6,9-16H2/t19-/m1/s1. The maximum absolute atomic E-state index is 14.3. The van der Waals surface area contributed by atoms with Crippen molar-refractivity contribution in [1.82, 2.24) is 9.80 Å². The molecule has 1 aromatic rings. The number of likely N-dealkylation sites (tertiary alicyclic amines) is 1. The highest BCUT2D eigenvalue weighted by Gasteiger charge is 2.29. The van der Waals surface area contributed by atoms with Crippen molar-refractivity contribution in [3.05, 3.63) is 35.1 Å². The molecular formula is C23H33F3N2O. The first kappa shape index (κ1) is 21.1. The van der Waals surface area contributed by atoms with E-state index in [1.54, 1.807) is 0 Å². The third-order valence-electron chi connectivity index (χ3n) is 7.01. The van der Waals surface area contributed by atoms with E-state index in [1.165, 1.54) is 25.7 Å². The van der Waals surface area contributed by atoms with E-state index in [9.17, 15) is 13.2 Å². The summed E-state index contributed by atoms with van der Waals surface area (Å²) in [5, 5.41) is 0. The van der Waals surface area contributed by atoms with Gasteiger partial charge in [0.25, 0.3) is 0 Å². The SMILES string of the molecule is Fc1ccc(F)c(CN(CC2CCN(C3CCCC3)CC2)C[C@H]2CCCO2)c1F. The molecule has 1 aromatic carbocycles. The van der Waals surface area contributed by atoms with Gasteiger partial charge in [-0.3, -0.25) is 4.90 Å². The van der Waals surface area contributed by atoms with Crippen LogP contribution in [0.4, 0.5) is 13.2 Å². The quantitative estimate of drug-likeness (QED) is 0.604. The van der Waals surface area contributed by atoms with Crippen LogP contribution < -0.4 is 0 Å². The van der Waals surface area contributed by atoms with Crippen LogP contribution in [0.15, 0.2) is 12.1 Å². The van der Waals surface area contributed by atoms with Gasteiger partial charge in [0.1, 0.15) is 5.82 Å². The van der Waals surface area contributed by atoms with Gasteiger partial charge in [-0.15, -0.1) is 0 Å². The lowest BCUT2D eigenvalue weighted by Gasteiger charge is -2.38. The molecule has 0 N–H and O–H groups in total. The van der Waals surface area contributed by atoms with E-state index in [2.05, 4.69) is 9.80 Å². The number of hydrogen-bond donors (Lipinski definition) is 0. The van der Waals surface area contributed by atoms with E-state index < -0.39 is 17.5 Å². The summed E-state index contributed by atoms with van der Waals surface area (Å²) in [5.41, 5.74) is -0.161. The minimum Gasteiger partial charge on any atom is -0.377 e. The fourth-order valence-corrected chi connectivity index (χ4v) is 5.35. The topological polar surface area (TPSA) is 15.7 Å². The molecule has 4 rings (SSSR count). The van der Waals surface area contributed by atoms with Gasteiger partial charge in [-0.05, 0) is 69.7 Å². The molecule has 3 nitrogen and oxygen atoms in total. The second-order valence-corrected chi connectivity index (χ2v) is 9.07. The lowest BCUT2D eigenvalue weighted by Crippen LogP contribution is -2.43. The number of nitrogens with zero attached hydrogens (tertiary/aromatic N) is 2. The van der Waals surface area contributed by atoms with E-state index in [0.717, 1.165) is 70.1 Å². The van der Waals surface area contributed by atoms with E-state index in [1.807, 2.05) is 0 Å². The van der Waals surface area contributed by atoms with Crippen molar-refractivity contribution in [3.63, 3.8) is 0 Å². The molecule has 1 saturated carbocycles. The fourth-order valence-electron chi connectivity index (χ4n) is 5.35. The van der Waals surface area contributed by atoms with E-state index >= 15 is 0 Å². The van der Waals surface area contributed by atoms with Crippen molar-refractivity contribution in [2.75, 3.05) is 32.8 Å². The number of piperidine rings is 1. The number of halogens is 3. The second kappa shape index (κ2) is 9.80.